The van der Waals surface area contributed by atoms with E-state index in [1.807, 2.05) is 30.3 Å². The molecule has 1 amide bonds. The number of para-hydroxylation sites is 1. The van der Waals surface area contributed by atoms with Crippen LogP contribution in [0.2, 0.25) is 0 Å². The van der Waals surface area contributed by atoms with Crippen LogP contribution in [-0.4, -0.2) is 38.3 Å². The molecule has 3 rings (SSSR count). The summed E-state index contributed by atoms with van der Waals surface area (Å²) in [7, 11) is -3.47. The number of nitrogens with one attached hydrogen (secondary N) is 1. The van der Waals surface area contributed by atoms with Crippen molar-refractivity contribution in [3.63, 3.8) is 0 Å². The van der Waals surface area contributed by atoms with Gasteiger partial charge in [0.05, 0.1) is 11.5 Å². The first-order valence-electron chi connectivity index (χ1n) is 10.0. The smallest absolute Gasteiger partial charge is 0.243 e. The van der Waals surface area contributed by atoms with E-state index in [-0.39, 0.29) is 10.8 Å². The minimum Gasteiger partial charge on any atom is -0.494 e. The van der Waals surface area contributed by atoms with E-state index >= 15 is 0 Å². The summed E-state index contributed by atoms with van der Waals surface area (Å²) in [5.74, 6) is 1.23. The molecule has 0 saturated carbocycles. The maximum absolute atomic E-state index is 12.7. The minimum absolute atomic E-state index is 0.123. The second kappa shape index (κ2) is 9.89. The number of amides is 1. The highest BCUT2D eigenvalue weighted by Crippen LogP contribution is 2.24. The highest BCUT2D eigenvalue weighted by Gasteiger charge is 2.27. The van der Waals surface area contributed by atoms with Crippen molar-refractivity contribution in [2.75, 3.05) is 25.0 Å². The van der Waals surface area contributed by atoms with Gasteiger partial charge in [-0.05, 0) is 61.6 Å². The van der Waals surface area contributed by atoms with Crippen molar-refractivity contribution < 1.29 is 17.9 Å². The number of hydrogen-bond donors (Lipinski definition) is 1. The zero-order valence-electron chi connectivity index (χ0n) is 16.7. The number of ether oxygens (including phenoxy) is 1. The minimum atomic E-state index is -3.47. The molecule has 0 aromatic heterocycles. The molecule has 0 spiro atoms. The van der Waals surface area contributed by atoms with Crippen LogP contribution in [0.3, 0.4) is 0 Å². The summed E-state index contributed by atoms with van der Waals surface area (Å²) >= 11 is 0. The SMILES string of the molecule is CC1CCN(S(=O)(=O)c2ccc(NC(=O)CCCOc3ccccc3)cc2)CC1. The van der Waals surface area contributed by atoms with Crippen LogP contribution in [0.4, 0.5) is 5.69 Å². The van der Waals surface area contributed by atoms with Crippen LogP contribution in [0.5, 0.6) is 5.75 Å². The molecular weight excluding hydrogens is 388 g/mol. The average molecular weight is 417 g/mol. The van der Waals surface area contributed by atoms with Gasteiger partial charge in [0, 0.05) is 25.2 Å². The summed E-state index contributed by atoms with van der Waals surface area (Å²) < 4.78 is 32.6. The van der Waals surface area contributed by atoms with Gasteiger partial charge in [-0.3, -0.25) is 4.79 Å². The van der Waals surface area contributed by atoms with Crippen LogP contribution in [0.15, 0.2) is 59.5 Å². The van der Waals surface area contributed by atoms with Crippen LogP contribution in [-0.2, 0) is 14.8 Å². The molecule has 2 aromatic rings. The lowest BCUT2D eigenvalue weighted by atomic mass is 10.0. The van der Waals surface area contributed by atoms with Gasteiger partial charge in [-0.25, -0.2) is 8.42 Å². The van der Waals surface area contributed by atoms with Gasteiger partial charge in [0.2, 0.25) is 15.9 Å². The van der Waals surface area contributed by atoms with Crippen LogP contribution in [0, 0.1) is 5.92 Å². The second-order valence-corrected chi connectivity index (χ2v) is 9.36. The molecular formula is C22H28N2O4S. The zero-order chi connectivity index (χ0) is 20.7. The first-order chi connectivity index (χ1) is 13.9. The Morgan fingerprint density at radius 1 is 1.07 bits per heavy atom. The normalized spacial score (nSPS) is 15.8. The van der Waals surface area contributed by atoms with Crippen molar-refractivity contribution in [2.45, 2.75) is 37.5 Å². The van der Waals surface area contributed by atoms with Gasteiger partial charge in [0.15, 0.2) is 0 Å². The van der Waals surface area contributed by atoms with Gasteiger partial charge in [-0.2, -0.15) is 4.31 Å². The van der Waals surface area contributed by atoms with Gasteiger partial charge in [0.1, 0.15) is 5.75 Å². The van der Waals surface area contributed by atoms with Crippen LogP contribution < -0.4 is 10.1 Å². The topological polar surface area (TPSA) is 75.7 Å². The standard InChI is InChI=1S/C22H28N2O4S/c1-18-13-15-24(16-14-18)29(26,27)21-11-9-19(10-12-21)23-22(25)8-5-17-28-20-6-3-2-4-7-20/h2-4,6-7,9-12,18H,5,8,13-17H2,1H3,(H,23,25). The number of rotatable bonds is 8. The number of nitrogens with zero attached hydrogens (tertiary/aromatic N) is 1. The van der Waals surface area contributed by atoms with E-state index in [0.29, 0.717) is 44.1 Å². The van der Waals surface area contributed by atoms with E-state index in [0.717, 1.165) is 18.6 Å². The molecule has 0 bridgehead atoms. The Morgan fingerprint density at radius 3 is 2.38 bits per heavy atom. The Morgan fingerprint density at radius 2 is 1.72 bits per heavy atom. The summed E-state index contributed by atoms with van der Waals surface area (Å²) in [4.78, 5) is 12.4. The van der Waals surface area contributed by atoms with Crippen molar-refractivity contribution in [1.82, 2.24) is 4.31 Å². The first-order valence-corrected chi connectivity index (χ1v) is 11.5. The number of piperidine rings is 1. The monoisotopic (exact) mass is 416 g/mol. The van der Waals surface area contributed by atoms with Crippen LogP contribution in [0.1, 0.15) is 32.6 Å². The lowest BCUT2D eigenvalue weighted by Gasteiger charge is -2.29. The zero-order valence-corrected chi connectivity index (χ0v) is 17.5. The summed E-state index contributed by atoms with van der Waals surface area (Å²) in [6.45, 7) is 3.73. The number of benzene rings is 2. The van der Waals surface area contributed by atoms with Gasteiger partial charge < -0.3 is 10.1 Å². The predicted molar refractivity (Wildman–Crippen MR) is 113 cm³/mol. The molecule has 7 heteroatoms. The number of sulfonamides is 1. The van der Waals surface area contributed by atoms with Gasteiger partial charge in [0.25, 0.3) is 0 Å². The second-order valence-electron chi connectivity index (χ2n) is 7.42. The van der Waals surface area contributed by atoms with Gasteiger partial charge in [-0.1, -0.05) is 25.1 Å². The first kappa shape index (κ1) is 21.3. The van der Waals surface area contributed by atoms with E-state index in [9.17, 15) is 13.2 Å². The fraction of sp³-hybridized carbons (Fsp3) is 0.409. The van der Waals surface area contributed by atoms with Crippen molar-refractivity contribution in [3.05, 3.63) is 54.6 Å². The Kier molecular flexibility index (Phi) is 7.28. The lowest BCUT2D eigenvalue weighted by molar-refractivity contribution is -0.116. The number of carbonyl (C=O) groups excluding carboxylic acids is 1. The largest absolute Gasteiger partial charge is 0.494 e. The third-order valence-corrected chi connectivity index (χ3v) is 6.99. The molecule has 1 aliphatic rings. The van der Waals surface area contributed by atoms with E-state index < -0.39 is 10.0 Å². The Hall–Kier alpha value is -2.38. The maximum atomic E-state index is 12.7. The van der Waals surface area contributed by atoms with E-state index in [2.05, 4.69) is 12.2 Å². The summed E-state index contributed by atoms with van der Waals surface area (Å²) in [6, 6.07) is 15.9. The lowest BCUT2D eigenvalue weighted by Crippen LogP contribution is -2.37. The molecule has 1 saturated heterocycles. The molecule has 1 fully saturated rings. The summed E-state index contributed by atoms with van der Waals surface area (Å²) in [6.07, 6.45) is 2.71. The maximum Gasteiger partial charge on any atom is 0.243 e. The quantitative estimate of drug-likeness (QED) is 0.662. The summed E-state index contributed by atoms with van der Waals surface area (Å²) in [5, 5.41) is 2.80. The van der Waals surface area contributed by atoms with Gasteiger partial charge in [-0.15, -0.1) is 0 Å². The molecule has 0 atom stereocenters. The molecule has 1 heterocycles. The van der Waals surface area contributed by atoms with Crippen molar-refractivity contribution in [1.29, 1.82) is 0 Å². The van der Waals surface area contributed by atoms with Crippen molar-refractivity contribution >= 4 is 21.6 Å². The molecule has 2 aromatic carbocycles. The third kappa shape index (κ3) is 6.05. The molecule has 0 unspecified atom stereocenters. The van der Waals surface area contributed by atoms with E-state index in [1.165, 1.54) is 0 Å². The van der Waals surface area contributed by atoms with Crippen LogP contribution in [0.25, 0.3) is 0 Å². The summed E-state index contributed by atoms with van der Waals surface area (Å²) in [5.41, 5.74) is 0.588. The Balaban J connectivity index is 1.46. The molecule has 0 aliphatic carbocycles. The number of carbonyl (C=O) groups is 1. The molecule has 29 heavy (non-hydrogen) atoms. The Labute approximate surface area is 172 Å². The number of anilines is 1. The molecule has 1 aliphatic heterocycles. The van der Waals surface area contributed by atoms with Crippen LogP contribution >= 0.6 is 0 Å². The van der Waals surface area contributed by atoms with Gasteiger partial charge >= 0.3 is 0 Å². The molecule has 6 nitrogen and oxygen atoms in total. The average Bonchev–Trinajstić information content (AvgIpc) is 2.73. The van der Waals surface area contributed by atoms with Crippen molar-refractivity contribution in [2.24, 2.45) is 5.92 Å². The third-order valence-electron chi connectivity index (χ3n) is 5.08. The fourth-order valence-corrected chi connectivity index (χ4v) is 4.72. The van der Waals surface area contributed by atoms with E-state index in [4.69, 9.17) is 4.74 Å². The number of hydrogen-bond acceptors (Lipinski definition) is 4. The predicted octanol–water partition coefficient (Wildman–Crippen LogP) is 3.90. The van der Waals surface area contributed by atoms with Crippen molar-refractivity contribution in [3.8, 4) is 5.75 Å². The fourth-order valence-electron chi connectivity index (χ4n) is 3.25. The molecule has 1 N–H and O–H groups in total. The van der Waals surface area contributed by atoms with E-state index in [1.54, 1.807) is 28.6 Å². The molecule has 156 valence electrons. The highest BCUT2D eigenvalue weighted by molar-refractivity contribution is 7.89. The highest BCUT2D eigenvalue weighted by atomic mass is 32.2. The molecule has 0 radical (unpaired) electrons. The Bertz CT molecular complexity index is 890.